The third kappa shape index (κ3) is 8.29. The Kier molecular flexibility index (Phi) is 13.3. The Morgan fingerprint density at radius 1 is 0.833 bits per heavy atom. The summed E-state index contributed by atoms with van der Waals surface area (Å²) in [4.78, 5) is 77.0. The fourth-order valence-corrected chi connectivity index (χ4v) is 15.7. The molecule has 0 bridgehead atoms. The van der Waals surface area contributed by atoms with Crippen LogP contribution in [-0.2, 0) is 46.3 Å². The monoisotopic (exact) mass is 903 g/mol. The van der Waals surface area contributed by atoms with Crippen molar-refractivity contribution in [1.29, 1.82) is 0 Å². The molecule has 6 aliphatic rings. The highest BCUT2D eigenvalue weighted by atomic mass is 16.5. The molecule has 1 heterocycles. The van der Waals surface area contributed by atoms with E-state index in [9.17, 15) is 19.2 Å². The summed E-state index contributed by atoms with van der Waals surface area (Å²) in [5.74, 6) is 1.62. The third-order valence-corrected chi connectivity index (χ3v) is 19.6. The minimum atomic E-state index is -0.944. The van der Waals surface area contributed by atoms with E-state index in [0.717, 1.165) is 81.2 Å². The number of esters is 1. The van der Waals surface area contributed by atoms with Gasteiger partial charge in [0, 0.05) is 36.1 Å². The largest absolute Gasteiger partial charge is 0.462 e. The van der Waals surface area contributed by atoms with Crippen molar-refractivity contribution in [3.8, 4) is 0 Å². The number of Topliss-reactive ketones (excluding diaryl/α,β-unsaturated/α-hetero) is 2. The Balaban J connectivity index is 0.00000210. The number of fused-ring (bicyclic) bond motifs is 7. The number of hydrogen-bond donors (Lipinski definition) is 1. The van der Waals surface area contributed by atoms with Gasteiger partial charge in [-0.15, -0.1) is 0 Å². The molecule has 1 amide bonds. The maximum absolute atomic E-state index is 14.5. The SMILES string of the molecule is Cc1cccc(CC(=O)CC(C)(C)C(=O)N[C@@]23CC[C@]4(C)[C@H](CC[C@@H]5[C@@]6(C)CC[C@H](OC(=O)[C@H]7C[C@@H](Cc8ccccc8)C7(C)C)C(C)(C)[C@@H]6CC[C@]54C)C2=C(C(C)C)C(=O)C3)n1.O=C=O. The van der Waals surface area contributed by atoms with Crippen molar-refractivity contribution in [1.82, 2.24) is 10.3 Å². The van der Waals surface area contributed by atoms with Gasteiger partial charge >= 0.3 is 12.1 Å². The number of carbonyl (C=O) groups is 4. The predicted molar refractivity (Wildman–Crippen MR) is 254 cm³/mol. The van der Waals surface area contributed by atoms with Crippen LogP contribution in [0.2, 0.25) is 0 Å². The van der Waals surface area contributed by atoms with E-state index in [1.54, 1.807) is 0 Å². The van der Waals surface area contributed by atoms with Crippen molar-refractivity contribution in [3.63, 3.8) is 0 Å². The second-order valence-electron chi connectivity index (χ2n) is 24.6. The highest BCUT2D eigenvalue weighted by Gasteiger charge is 2.70. The molecule has 6 aliphatic carbocycles. The van der Waals surface area contributed by atoms with Gasteiger partial charge in [-0.1, -0.05) is 113 Å². The Labute approximate surface area is 394 Å². The van der Waals surface area contributed by atoms with E-state index >= 15 is 0 Å². The number of nitrogens with zero attached hydrogens (tertiary/aromatic N) is 1. The molecule has 8 rings (SSSR count). The van der Waals surface area contributed by atoms with Crippen LogP contribution in [0.1, 0.15) is 164 Å². The number of carbonyl (C=O) groups excluding carboxylic acids is 6. The predicted octanol–water partition coefficient (Wildman–Crippen LogP) is 11.0. The summed E-state index contributed by atoms with van der Waals surface area (Å²) in [5, 5.41) is 3.55. The van der Waals surface area contributed by atoms with E-state index in [2.05, 4.69) is 103 Å². The molecular formula is C57H78N2O7. The lowest BCUT2D eigenvalue weighted by Gasteiger charge is -2.72. The van der Waals surface area contributed by atoms with Crippen molar-refractivity contribution in [3.05, 3.63) is 76.6 Å². The first-order chi connectivity index (χ1) is 30.8. The van der Waals surface area contributed by atoms with Gasteiger partial charge in [0.1, 0.15) is 11.9 Å². The second-order valence-corrected chi connectivity index (χ2v) is 24.6. The van der Waals surface area contributed by atoms with Crippen molar-refractivity contribution >= 4 is 29.6 Å². The number of aromatic nitrogens is 1. The van der Waals surface area contributed by atoms with Crippen LogP contribution < -0.4 is 5.32 Å². The van der Waals surface area contributed by atoms with Gasteiger partial charge in [-0.25, -0.2) is 0 Å². The number of nitrogens with one attached hydrogen (secondary N) is 1. The average Bonchev–Trinajstić information content (AvgIpc) is 3.52. The molecule has 0 spiro atoms. The highest BCUT2D eigenvalue weighted by molar-refractivity contribution is 6.02. The molecule has 5 fully saturated rings. The number of benzene rings is 1. The zero-order valence-corrected chi connectivity index (χ0v) is 42.2. The number of hydrogen-bond acceptors (Lipinski definition) is 8. The fraction of sp³-hybridized carbons (Fsp3) is 0.684. The Hall–Kier alpha value is -4.23. The maximum atomic E-state index is 14.5. The average molecular weight is 903 g/mol. The quantitative estimate of drug-likeness (QED) is 0.220. The first kappa shape index (κ1) is 49.7. The number of rotatable bonds is 11. The molecule has 0 saturated heterocycles. The lowest BCUT2D eigenvalue weighted by atomic mass is 9.33. The molecule has 0 radical (unpaired) electrons. The molecule has 66 heavy (non-hydrogen) atoms. The lowest BCUT2D eigenvalue weighted by Crippen LogP contribution is -2.67. The summed E-state index contributed by atoms with van der Waals surface area (Å²) in [5.41, 5.74) is 3.26. The Morgan fingerprint density at radius 2 is 1.52 bits per heavy atom. The van der Waals surface area contributed by atoms with Crippen molar-refractivity contribution < 1.29 is 33.5 Å². The smallest absolute Gasteiger partial charge is 0.373 e. The summed E-state index contributed by atoms with van der Waals surface area (Å²) < 4.78 is 6.68. The number of amides is 1. The van der Waals surface area contributed by atoms with Crippen LogP contribution in [-0.4, -0.2) is 46.2 Å². The standard InChI is InChI=1S/C56H78N2O5.CO2/c1-34(2)46-42(60)33-56(58-49(62)50(4,5)32-39(59)31-38-20-16-17-35(3)57-38)28-27-54(11)40(47(46)56)21-22-44-53(10)25-24-45(52(8,9)43(53)23-26-55(44,54)12)63-48(61)41-30-37(51(41,6)7)29-36-18-14-13-15-19-36;2-1-3/h13-20,34,37,40-41,43-45H,21-33H2,1-12H3,(H,58,62);/t37-,40-,41-,43+,44-,45+,53+,54-,55-,56-;/m1./s1. The summed E-state index contributed by atoms with van der Waals surface area (Å²) in [6.45, 7) is 27.0. The van der Waals surface area contributed by atoms with Crippen LogP contribution in [0.3, 0.4) is 0 Å². The molecule has 358 valence electrons. The van der Waals surface area contributed by atoms with Crippen LogP contribution in [0.4, 0.5) is 0 Å². The Morgan fingerprint density at radius 3 is 2.15 bits per heavy atom. The topological polar surface area (TPSA) is 137 Å². The van der Waals surface area contributed by atoms with Crippen molar-refractivity contribution in [2.24, 2.45) is 68.0 Å². The lowest BCUT2D eigenvalue weighted by molar-refractivity contribution is -0.235. The molecule has 1 N–H and O–H groups in total. The third-order valence-electron chi connectivity index (χ3n) is 19.6. The van der Waals surface area contributed by atoms with Crippen LogP contribution in [0.15, 0.2) is 59.7 Å². The molecule has 10 atom stereocenters. The summed E-state index contributed by atoms with van der Waals surface area (Å²) in [6, 6.07) is 16.4. The highest BCUT2D eigenvalue weighted by Crippen LogP contribution is 2.76. The first-order valence-electron chi connectivity index (χ1n) is 25.1. The van der Waals surface area contributed by atoms with E-state index in [4.69, 9.17) is 14.3 Å². The maximum Gasteiger partial charge on any atom is 0.373 e. The van der Waals surface area contributed by atoms with Gasteiger partial charge in [0.05, 0.1) is 16.9 Å². The fourth-order valence-electron chi connectivity index (χ4n) is 15.7. The van der Waals surface area contributed by atoms with Gasteiger partial charge in [0.2, 0.25) is 5.91 Å². The summed E-state index contributed by atoms with van der Waals surface area (Å²) in [7, 11) is 0. The van der Waals surface area contributed by atoms with E-state index in [1.165, 1.54) is 11.1 Å². The molecule has 2 aromatic rings. The summed E-state index contributed by atoms with van der Waals surface area (Å²) >= 11 is 0. The second kappa shape index (κ2) is 17.7. The van der Waals surface area contributed by atoms with Gasteiger partial charge in [-0.05, 0) is 151 Å². The number of aryl methyl sites for hydroxylation is 1. The van der Waals surface area contributed by atoms with Gasteiger partial charge in [0.25, 0.3) is 0 Å². The number of pyridine rings is 1. The molecule has 9 heteroatoms. The van der Waals surface area contributed by atoms with Gasteiger partial charge in [-0.2, -0.15) is 9.59 Å². The molecular weight excluding hydrogens is 825 g/mol. The number of ketones is 2. The molecule has 1 aromatic heterocycles. The van der Waals surface area contributed by atoms with Gasteiger partial charge in [0.15, 0.2) is 5.78 Å². The minimum Gasteiger partial charge on any atom is -0.462 e. The van der Waals surface area contributed by atoms with Crippen LogP contribution in [0, 0.1) is 74.9 Å². The zero-order valence-electron chi connectivity index (χ0n) is 42.2. The van der Waals surface area contributed by atoms with Crippen LogP contribution >= 0.6 is 0 Å². The number of ether oxygens (including phenoxy) is 1. The molecule has 5 saturated carbocycles. The van der Waals surface area contributed by atoms with E-state index in [-0.39, 0.29) is 93.4 Å². The van der Waals surface area contributed by atoms with Crippen molar-refractivity contribution in [2.75, 3.05) is 0 Å². The van der Waals surface area contributed by atoms with E-state index in [0.29, 0.717) is 24.2 Å². The molecule has 9 nitrogen and oxygen atoms in total. The Bertz CT molecular complexity index is 2290. The van der Waals surface area contributed by atoms with Crippen LogP contribution in [0.5, 0.6) is 0 Å². The van der Waals surface area contributed by atoms with Gasteiger partial charge < -0.3 is 10.1 Å². The summed E-state index contributed by atoms with van der Waals surface area (Å²) in [6.07, 6.45) is 10.6. The minimum absolute atomic E-state index is 0.00678. The van der Waals surface area contributed by atoms with Crippen molar-refractivity contribution in [2.45, 2.75) is 178 Å². The first-order valence-corrected chi connectivity index (χ1v) is 25.1. The number of allylic oxidation sites excluding steroid dienone is 1. The van der Waals surface area contributed by atoms with Crippen LogP contribution in [0.25, 0.3) is 0 Å². The van der Waals surface area contributed by atoms with E-state index < -0.39 is 11.0 Å². The molecule has 1 aromatic carbocycles. The van der Waals surface area contributed by atoms with Gasteiger partial charge in [-0.3, -0.25) is 24.2 Å². The normalized spacial score (nSPS) is 35.1. The van der Waals surface area contributed by atoms with E-state index in [1.807, 2.05) is 39.0 Å². The molecule has 0 unspecified atom stereocenters. The molecule has 0 aliphatic heterocycles. The zero-order chi connectivity index (χ0) is 48.4.